The zero-order valence-corrected chi connectivity index (χ0v) is 9.68. The Balaban J connectivity index is 2.49. The van der Waals surface area contributed by atoms with Gasteiger partial charge in [0.05, 0.1) is 0 Å². The highest BCUT2D eigenvalue weighted by Gasteiger charge is 2.09. The lowest BCUT2D eigenvalue weighted by molar-refractivity contribution is 0.255. The molecule has 0 radical (unpaired) electrons. The van der Waals surface area contributed by atoms with Crippen LogP contribution >= 0.6 is 0 Å². The third-order valence-corrected chi connectivity index (χ3v) is 2.70. The van der Waals surface area contributed by atoms with Crippen molar-refractivity contribution in [3.63, 3.8) is 0 Å². The Bertz CT molecular complexity index is 572. The van der Waals surface area contributed by atoms with E-state index in [-0.39, 0.29) is 0 Å². The van der Waals surface area contributed by atoms with Gasteiger partial charge in [0.1, 0.15) is 11.8 Å². The fourth-order valence-electron chi connectivity index (χ4n) is 1.75. The maximum absolute atomic E-state index is 8.91. The number of nitriles is 1. The summed E-state index contributed by atoms with van der Waals surface area (Å²) < 4.78 is 5.66. The summed E-state index contributed by atoms with van der Waals surface area (Å²) in [6.45, 7) is 1.92. The molecule has 0 aromatic heterocycles. The van der Waals surface area contributed by atoms with E-state index >= 15 is 0 Å². The van der Waals surface area contributed by atoms with Gasteiger partial charge in [0.25, 0.3) is 0 Å². The first-order valence-corrected chi connectivity index (χ1v) is 5.59. The second kappa shape index (κ2) is 4.75. The Morgan fingerprint density at radius 3 is 2.59 bits per heavy atom. The molecule has 0 saturated carbocycles. The van der Waals surface area contributed by atoms with Gasteiger partial charge >= 0.3 is 0 Å². The normalized spacial score (nSPS) is 12.0. The van der Waals surface area contributed by atoms with Crippen LogP contribution in [0.3, 0.4) is 0 Å². The van der Waals surface area contributed by atoms with Gasteiger partial charge in [-0.1, -0.05) is 31.2 Å². The highest BCUT2D eigenvalue weighted by molar-refractivity contribution is 5.97. The second-order valence-electron chi connectivity index (χ2n) is 3.84. The van der Waals surface area contributed by atoms with Gasteiger partial charge in [0, 0.05) is 16.5 Å². The molecular formula is C14H14N2O. The van der Waals surface area contributed by atoms with Crippen LogP contribution in [0, 0.1) is 11.3 Å². The predicted molar refractivity (Wildman–Crippen MR) is 68.7 cm³/mol. The molecule has 0 saturated heterocycles. The van der Waals surface area contributed by atoms with E-state index in [4.69, 9.17) is 15.7 Å². The summed E-state index contributed by atoms with van der Waals surface area (Å²) in [4.78, 5) is 0. The monoisotopic (exact) mass is 226 g/mol. The molecule has 0 aliphatic heterocycles. The average molecular weight is 226 g/mol. The van der Waals surface area contributed by atoms with Crippen molar-refractivity contribution in [2.75, 3.05) is 5.73 Å². The molecule has 17 heavy (non-hydrogen) atoms. The van der Waals surface area contributed by atoms with E-state index in [0.29, 0.717) is 12.2 Å². The number of nitrogen functional groups attached to an aromatic ring is 1. The first kappa shape index (κ1) is 11.3. The van der Waals surface area contributed by atoms with Gasteiger partial charge in [-0.15, -0.1) is 0 Å². The lowest BCUT2D eigenvalue weighted by atomic mass is 10.1. The standard InChI is InChI=1S/C14H14N2O/c1-2-10(9-15)17-14-8-7-13(16)11-5-3-4-6-12(11)14/h3-8,10H,2,16H2,1H3. The Kier molecular flexibility index (Phi) is 3.15. The molecule has 1 atom stereocenters. The Labute approximate surface area is 100 Å². The number of hydrogen-bond donors (Lipinski definition) is 1. The topological polar surface area (TPSA) is 59.0 Å². The number of nitrogens with two attached hydrogens (primary N) is 1. The van der Waals surface area contributed by atoms with Crippen LogP contribution in [0.5, 0.6) is 5.75 Å². The summed E-state index contributed by atoms with van der Waals surface area (Å²) in [5.41, 5.74) is 6.62. The molecule has 0 aliphatic rings. The minimum absolute atomic E-state index is 0.415. The van der Waals surface area contributed by atoms with Gasteiger partial charge in [0.2, 0.25) is 0 Å². The highest BCUT2D eigenvalue weighted by Crippen LogP contribution is 2.30. The zero-order valence-electron chi connectivity index (χ0n) is 9.68. The molecule has 0 aliphatic carbocycles. The minimum atomic E-state index is -0.415. The van der Waals surface area contributed by atoms with Crippen LogP contribution < -0.4 is 10.5 Å². The van der Waals surface area contributed by atoms with Crippen LogP contribution in [0.25, 0.3) is 10.8 Å². The van der Waals surface area contributed by atoms with Gasteiger partial charge in [-0.3, -0.25) is 0 Å². The van der Waals surface area contributed by atoms with Gasteiger partial charge in [0.15, 0.2) is 6.10 Å². The molecule has 1 unspecified atom stereocenters. The Hall–Kier alpha value is -2.21. The molecule has 0 bridgehead atoms. The first-order valence-electron chi connectivity index (χ1n) is 5.59. The summed E-state index contributed by atoms with van der Waals surface area (Å²) in [5.74, 6) is 0.711. The van der Waals surface area contributed by atoms with Crippen molar-refractivity contribution in [2.45, 2.75) is 19.4 Å². The quantitative estimate of drug-likeness (QED) is 0.818. The molecule has 2 N–H and O–H groups in total. The number of ether oxygens (including phenoxy) is 1. The third kappa shape index (κ3) is 2.16. The summed E-state index contributed by atoms with van der Waals surface area (Å²) in [6, 6.07) is 13.5. The predicted octanol–water partition coefficient (Wildman–Crippen LogP) is 3.10. The van der Waals surface area contributed by atoms with E-state index in [1.54, 1.807) is 0 Å². The van der Waals surface area contributed by atoms with E-state index in [9.17, 15) is 0 Å². The maximum Gasteiger partial charge on any atom is 0.184 e. The molecule has 0 heterocycles. The van der Waals surface area contributed by atoms with Crippen LogP contribution in [-0.2, 0) is 0 Å². The lowest BCUT2D eigenvalue weighted by Crippen LogP contribution is -2.12. The molecule has 2 aromatic rings. The van der Waals surface area contributed by atoms with E-state index in [0.717, 1.165) is 16.5 Å². The van der Waals surface area contributed by atoms with Gasteiger partial charge < -0.3 is 10.5 Å². The number of rotatable bonds is 3. The molecular weight excluding hydrogens is 212 g/mol. The average Bonchev–Trinajstić information content (AvgIpc) is 2.38. The van der Waals surface area contributed by atoms with E-state index in [1.165, 1.54) is 0 Å². The molecule has 2 rings (SSSR count). The zero-order chi connectivity index (χ0) is 12.3. The van der Waals surface area contributed by atoms with Crippen LogP contribution in [-0.4, -0.2) is 6.10 Å². The first-order chi connectivity index (χ1) is 8.26. The van der Waals surface area contributed by atoms with Crippen LogP contribution in [0.15, 0.2) is 36.4 Å². The number of anilines is 1. The third-order valence-electron chi connectivity index (χ3n) is 2.70. The molecule has 3 heteroatoms. The Morgan fingerprint density at radius 2 is 1.94 bits per heavy atom. The smallest absolute Gasteiger partial charge is 0.184 e. The van der Waals surface area contributed by atoms with Crippen molar-refractivity contribution in [1.29, 1.82) is 5.26 Å². The molecule has 86 valence electrons. The molecule has 0 amide bonds. The second-order valence-corrected chi connectivity index (χ2v) is 3.84. The van der Waals surface area contributed by atoms with Crippen molar-refractivity contribution in [3.8, 4) is 11.8 Å². The molecule has 2 aromatic carbocycles. The van der Waals surface area contributed by atoms with Crippen molar-refractivity contribution in [2.24, 2.45) is 0 Å². The van der Waals surface area contributed by atoms with Crippen molar-refractivity contribution < 1.29 is 4.74 Å². The summed E-state index contributed by atoms with van der Waals surface area (Å²) in [7, 11) is 0. The van der Waals surface area contributed by atoms with E-state index in [2.05, 4.69) is 6.07 Å². The molecule has 0 fully saturated rings. The fourth-order valence-corrected chi connectivity index (χ4v) is 1.75. The molecule has 0 spiro atoms. The van der Waals surface area contributed by atoms with E-state index < -0.39 is 6.10 Å². The number of hydrogen-bond acceptors (Lipinski definition) is 3. The number of nitrogens with zero attached hydrogens (tertiary/aromatic N) is 1. The van der Waals surface area contributed by atoms with Crippen LogP contribution in [0.2, 0.25) is 0 Å². The number of benzene rings is 2. The highest BCUT2D eigenvalue weighted by atomic mass is 16.5. The van der Waals surface area contributed by atoms with Crippen LogP contribution in [0.1, 0.15) is 13.3 Å². The van der Waals surface area contributed by atoms with Crippen LogP contribution in [0.4, 0.5) is 5.69 Å². The van der Waals surface area contributed by atoms with Crippen molar-refractivity contribution >= 4 is 16.5 Å². The van der Waals surface area contributed by atoms with Gasteiger partial charge in [-0.25, -0.2) is 0 Å². The summed E-state index contributed by atoms with van der Waals surface area (Å²) in [5, 5.41) is 10.8. The van der Waals surface area contributed by atoms with Gasteiger partial charge in [-0.05, 0) is 18.6 Å². The minimum Gasteiger partial charge on any atom is -0.475 e. The summed E-state index contributed by atoms with van der Waals surface area (Å²) >= 11 is 0. The van der Waals surface area contributed by atoms with Crippen molar-refractivity contribution in [3.05, 3.63) is 36.4 Å². The van der Waals surface area contributed by atoms with Gasteiger partial charge in [-0.2, -0.15) is 5.26 Å². The maximum atomic E-state index is 8.91. The SMILES string of the molecule is CCC(C#N)Oc1ccc(N)c2ccccc12. The largest absolute Gasteiger partial charge is 0.475 e. The number of fused-ring (bicyclic) bond motifs is 1. The lowest BCUT2D eigenvalue weighted by Gasteiger charge is -2.13. The van der Waals surface area contributed by atoms with E-state index in [1.807, 2.05) is 43.3 Å². The molecule has 3 nitrogen and oxygen atoms in total. The fraction of sp³-hybridized carbons (Fsp3) is 0.214. The van der Waals surface area contributed by atoms with Crippen molar-refractivity contribution in [1.82, 2.24) is 0 Å². The summed E-state index contributed by atoms with van der Waals surface area (Å²) in [6.07, 6.45) is 0.247. The Morgan fingerprint density at radius 1 is 1.24 bits per heavy atom.